The van der Waals surface area contributed by atoms with Gasteiger partial charge in [0.05, 0.1) is 12.2 Å². The molecule has 4 fully saturated rings. The number of Topliss-reactive ketones (excluding diaryl/α,β-unsaturated/α-hetero) is 1. The quantitative estimate of drug-likeness (QED) is 0.723. The predicted molar refractivity (Wildman–Crippen MR) is 84.1 cm³/mol. The van der Waals surface area contributed by atoms with E-state index in [1.807, 2.05) is 0 Å². The van der Waals surface area contributed by atoms with E-state index in [0.29, 0.717) is 23.5 Å². The molecule has 3 nitrogen and oxygen atoms in total. The summed E-state index contributed by atoms with van der Waals surface area (Å²) in [6.45, 7) is 4.58. The van der Waals surface area contributed by atoms with Gasteiger partial charge >= 0.3 is 0 Å². The highest BCUT2D eigenvalue weighted by Crippen LogP contribution is 2.65. The molecule has 0 radical (unpaired) electrons. The second-order valence-electron chi connectivity index (χ2n) is 9.08. The molecule has 124 valence electrons. The predicted octanol–water partition coefficient (Wildman–Crippen LogP) is 2.93. The lowest BCUT2D eigenvalue weighted by Crippen LogP contribution is -2.58. The Hall–Kier alpha value is -0.410. The van der Waals surface area contributed by atoms with Crippen molar-refractivity contribution in [1.82, 2.24) is 0 Å². The maximum atomic E-state index is 12.4. The zero-order valence-corrected chi connectivity index (χ0v) is 13.9. The fourth-order valence-electron chi connectivity index (χ4n) is 7.09. The smallest absolute Gasteiger partial charge is 0.139 e. The van der Waals surface area contributed by atoms with Crippen molar-refractivity contribution in [3.63, 3.8) is 0 Å². The van der Waals surface area contributed by atoms with E-state index in [0.717, 1.165) is 51.4 Å². The van der Waals surface area contributed by atoms with Crippen molar-refractivity contribution in [2.45, 2.75) is 77.4 Å². The van der Waals surface area contributed by atoms with Gasteiger partial charge in [-0.05, 0) is 74.0 Å². The second kappa shape index (κ2) is 4.80. The summed E-state index contributed by atoms with van der Waals surface area (Å²) in [6.07, 6.45) is 6.91. The first-order valence-corrected chi connectivity index (χ1v) is 9.27. The van der Waals surface area contributed by atoms with Crippen LogP contribution in [0.5, 0.6) is 0 Å². The van der Waals surface area contributed by atoms with Gasteiger partial charge in [0.25, 0.3) is 0 Å². The number of hydrogen-bond donors (Lipinski definition) is 2. The Bertz CT molecular complexity index is 489. The maximum Gasteiger partial charge on any atom is 0.139 e. The Balaban J connectivity index is 1.65. The molecule has 4 saturated carbocycles. The first-order valence-electron chi connectivity index (χ1n) is 9.27. The molecule has 22 heavy (non-hydrogen) atoms. The Kier molecular flexibility index (Phi) is 3.30. The average Bonchev–Trinajstić information content (AvgIpc) is 2.79. The van der Waals surface area contributed by atoms with Gasteiger partial charge in [-0.3, -0.25) is 4.79 Å². The van der Waals surface area contributed by atoms with Crippen LogP contribution in [-0.4, -0.2) is 28.2 Å². The standard InChI is InChI=1S/C19H30O3/c1-18-10-8-15(20)17(22)14(18)4-3-11-12-5-6-16(21)19(12,2)9-7-13(11)18/h11-15,17,20,22H,3-10H2,1-2H3/t11?,12?,13?,14-,15+,17+,18-,19+/m1/s1. The molecule has 2 N–H and O–H groups in total. The van der Waals surface area contributed by atoms with E-state index in [1.165, 1.54) is 0 Å². The summed E-state index contributed by atoms with van der Waals surface area (Å²) in [4.78, 5) is 12.4. The van der Waals surface area contributed by atoms with Gasteiger partial charge in [0.1, 0.15) is 5.78 Å². The van der Waals surface area contributed by atoms with Gasteiger partial charge in [-0.15, -0.1) is 0 Å². The highest BCUT2D eigenvalue weighted by Gasteiger charge is 2.61. The third-order valence-corrected chi connectivity index (χ3v) is 8.44. The van der Waals surface area contributed by atoms with Gasteiger partial charge in [0.2, 0.25) is 0 Å². The molecule has 0 heterocycles. The maximum absolute atomic E-state index is 12.4. The highest BCUT2D eigenvalue weighted by atomic mass is 16.3. The normalized spacial score (nSPS) is 57.9. The molecule has 4 rings (SSSR count). The van der Waals surface area contributed by atoms with Crippen LogP contribution in [0, 0.1) is 34.5 Å². The molecule has 0 amide bonds. The van der Waals surface area contributed by atoms with Gasteiger partial charge < -0.3 is 10.2 Å². The van der Waals surface area contributed by atoms with Crippen LogP contribution >= 0.6 is 0 Å². The zero-order valence-electron chi connectivity index (χ0n) is 13.9. The van der Waals surface area contributed by atoms with Crippen LogP contribution in [0.15, 0.2) is 0 Å². The molecule has 4 aliphatic rings. The number of rotatable bonds is 0. The lowest BCUT2D eigenvalue weighted by atomic mass is 9.45. The minimum Gasteiger partial charge on any atom is -0.390 e. The van der Waals surface area contributed by atoms with Crippen molar-refractivity contribution >= 4 is 5.78 Å². The monoisotopic (exact) mass is 306 g/mol. The summed E-state index contributed by atoms with van der Waals surface area (Å²) in [6, 6.07) is 0. The molecule has 4 aliphatic carbocycles. The molecule has 0 saturated heterocycles. The molecular formula is C19H30O3. The van der Waals surface area contributed by atoms with E-state index in [9.17, 15) is 15.0 Å². The molecule has 0 spiro atoms. The second-order valence-corrected chi connectivity index (χ2v) is 9.08. The molecule has 0 aromatic heterocycles. The number of ketones is 1. The van der Waals surface area contributed by atoms with Crippen LogP contribution in [0.4, 0.5) is 0 Å². The first-order chi connectivity index (χ1) is 10.4. The van der Waals surface area contributed by atoms with E-state index in [4.69, 9.17) is 0 Å². The molecule has 0 aromatic rings. The van der Waals surface area contributed by atoms with E-state index in [1.54, 1.807) is 0 Å². The third-order valence-electron chi connectivity index (χ3n) is 8.44. The Morgan fingerprint density at radius 1 is 0.909 bits per heavy atom. The van der Waals surface area contributed by atoms with Crippen LogP contribution in [0.1, 0.15) is 65.2 Å². The molecule has 0 bridgehead atoms. The minimum atomic E-state index is -0.543. The van der Waals surface area contributed by atoms with Crippen molar-refractivity contribution < 1.29 is 15.0 Å². The number of aliphatic hydroxyl groups excluding tert-OH is 2. The average molecular weight is 306 g/mol. The first kappa shape index (κ1) is 15.1. The summed E-state index contributed by atoms with van der Waals surface area (Å²) in [5, 5.41) is 20.6. The lowest BCUT2D eigenvalue weighted by Gasteiger charge is -2.61. The number of carbonyl (C=O) groups excluding carboxylic acids is 1. The summed E-state index contributed by atoms with van der Waals surface area (Å²) < 4.78 is 0. The van der Waals surface area contributed by atoms with Gasteiger partial charge in [-0.25, -0.2) is 0 Å². The summed E-state index contributed by atoms with van der Waals surface area (Å²) in [5.41, 5.74) is 0.103. The van der Waals surface area contributed by atoms with E-state index in [2.05, 4.69) is 13.8 Å². The van der Waals surface area contributed by atoms with Crippen molar-refractivity contribution in [2.75, 3.05) is 0 Å². The molecule has 3 unspecified atom stereocenters. The van der Waals surface area contributed by atoms with Crippen LogP contribution in [0.25, 0.3) is 0 Å². The SMILES string of the molecule is C[C@]12CCC3C(CC[C@@H]4[C@H](O)[C@@H](O)CC[C@]34C)C1CCC2=O. The number of fused-ring (bicyclic) bond motifs is 5. The molecule has 3 heteroatoms. The van der Waals surface area contributed by atoms with Crippen molar-refractivity contribution in [1.29, 1.82) is 0 Å². The zero-order chi connectivity index (χ0) is 15.7. The summed E-state index contributed by atoms with van der Waals surface area (Å²) in [5.74, 6) is 2.62. The van der Waals surface area contributed by atoms with E-state index in [-0.39, 0.29) is 16.7 Å². The van der Waals surface area contributed by atoms with Crippen LogP contribution in [-0.2, 0) is 4.79 Å². The highest BCUT2D eigenvalue weighted by molar-refractivity contribution is 5.87. The fourth-order valence-corrected chi connectivity index (χ4v) is 7.09. The fraction of sp³-hybridized carbons (Fsp3) is 0.947. The largest absolute Gasteiger partial charge is 0.390 e. The third kappa shape index (κ3) is 1.78. The van der Waals surface area contributed by atoms with Crippen molar-refractivity contribution in [2.24, 2.45) is 34.5 Å². The Morgan fingerprint density at radius 2 is 1.68 bits per heavy atom. The number of carbonyl (C=O) groups is 1. The summed E-state index contributed by atoms with van der Waals surface area (Å²) in [7, 11) is 0. The number of aliphatic hydroxyl groups is 2. The Morgan fingerprint density at radius 3 is 2.45 bits per heavy atom. The molecule has 0 aliphatic heterocycles. The van der Waals surface area contributed by atoms with Crippen LogP contribution in [0.3, 0.4) is 0 Å². The van der Waals surface area contributed by atoms with Gasteiger partial charge in [-0.1, -0.05) is 13.8 Å². The molecule has 0 aromatic carbocycles. The lowest BCUT2D eigenvalue weighted by molar-refractivity contribution is -0.173. The van der Waals surface area contributed by atoms with Gasteiger partial charge in [0.15, 0.2) is 0 Å². The van der Waals surface area contributed by atoms with Crippen molar-refractivity contribution in [3.05, 3.63) is 0 Å². The van der Waals surface area contributed by atoms with Crippen LogP contribution in [0.2, 0.25) is 0 Å². The van der Waals surface area contributed by atoms with Gasteiger partial charge in [-0.2, -0.15) is 0 Å². The van der Waals surface area contributed by atoms with Gasteiger partial charge in [0, 0.05) is 11.8 Å². The van der Waals surface area contributed by atoms with E-state index < -0.39 is 12.2 Å². The number of hydrogen-bond acceptors (Lipinski definition) is 3. The molecule has 8 atom stereocenters. The van der Waals surface area contributed by atoms with Crippen LogP contribution < -0.4 is 0 Å². The van der Waals surface area contributed by atoms with E-state index >= 15 is 0 Å². The summed E-state index contributed by atoms with van der Waals surface area (Å²) >= 11 is 0. The van der Waals surface area contributed by atoms with Crippen molar-refractivity contribution in [3.8, 4) is 0 Å². The minimum absolute atomic E-state index is 0.0584. The Labute approximate surface area is 133 Å². The molecular weight excluding hydrogens is 276 g/mol. The topological polar surface area (TPSA) is 57.5 Å².